The fraction of sp³-hybridized carbons (Fsp3) is 0.393. The standard InChI is InChI=1S/C28H26N2O2S2/c1-15-29-23-11-21(28-12-17-6-18(13-28)8-19(7-17)14-28)10-22(25(23)32-15)20-4-2-16(3-5-20)9-24-26(31)30-27(33)34-24/h2-5,9-11,17-19H,6-8,12-14H2,1H3,(H,30,31,33)/b24-9-. The van der Waals surface area contributed by atoms with Crippen LogP contribution < -0.4 is 5.32 Å². The highest BCUT2D eigenvalue weighted by Crippen LogP contribution is 2.61. The first-order valence-corrected chi connectivity index (χ1v) is 13.4. The number of oxazole rings is 1. The smallest absolute Gasteiger partial charge is 0.263 e. The zero-order valence-corrected chi connectivity index (χ0v) is 20.7. The van der Waals surface area contributed by atoms with Crippen LogP contribution in [0.3, 0.4) is 0 Å². The molecule has 2 heterocycles. The molecule has 4 bridgehead atoms. The third-order valence-electron chi connectivity index (χ3n) is 8.41. The minimum atomic E-state index is -0.124. The van der Waals surface area contributed by atoms with Crippen LogP contribution in [0, 0.1) is 24.7 Å². The molecular weight excluding hydrogens is 460 g/mol. The van der Waals surface area contributed by atoms with Crippen LogP contribution in [0.15, 0.2) is 45.7 Å². The van der Waals surface area contributed by atoms with E-state index in [4.69, 9.17) is 21.6 Å². The second kappa shape index (κ2) is 7.53. The third-order valence-corrected chi connectivity index (χ3v) is 9.57. The van der Waals surface area contributed by atoms with E-state index in [1.807, 2.05) is 13.0 Å². The number of nitrogens with one attached hydrogen (secondary N) is 1. The van der Waals surface area contributed by atoms with Gasteiger partial charge < -0.3 is 9.73 Å². The number of thioether (sulfide) groups is 1. The highest BCUT2D eigenvalue weighted by Gasteiger charge is 2.51. The zero-order valence-electron chi connectivity index (χ0n) is 19.1. The van der Waals surface area contributed by atoms with Crippen molar-refractivity contribution in [3.63, 3.8) is 0 Å². The summed E-state index contributed by atoms with van der Waals surface area (Å²) < 4.78 is 6.61. The van der Waals surface area contributed by atoms with Crippen LogP contribution in [0.4, 0.5) is 0 Å². The number of rotatable bonds is 3. The molecule has 0 atom stereocenters. The Bertz CT molecular complexity index is 1350. The first-order chi connectivity index (χ1) is 16.4. The van der Waals surface area contributed by atoms with Crippen LogP contribution in [0.2, 0.25) is 0 Å². The lowest BCUT2D eigenvalue weighted by Gasteiger charge is -2.57. The van der Waals surface area contributed by atoms with E-state index < -0.39 is 0 Å². The molecule has 1 saturated heterocycles. The number of aryl methyl sites for hydroxylation is 1. The monoisotopic (exact) mass is 486 g/mol. The molecule has 34 heavy (non-hydrogen) atoms. The first kappa shape index (κ1) is 20.9. The van der Waals surface area contributed by atoms with Gasteiger partial charge in [-0.25, -0.2) is 4.98 Å². The quantitative estimate of drug-likeness (QED) is 0.327. The summed E-state index contributed by atoms with van der Waals surface area (Å²) >= 11 is 6.41. The van der Waals surface area contributed by atoms with Crippen molar-refractivity contribution < 1.29 is 9.21 Å². The number of carbonyl (C=O) groups excluding carboxylic acids is 1. The van der Waals surface area contributed by atoms with Crippen molar-refractivity contribution in [3.8, 4) is 11.1 Å². The summed E-state index contributed by atoms with van der Waals surface area (Å²) in [6, 6.07) is 13.1. The summed E-state index contributed by atoms with van der Waals surface area (Å²) in [4.78, 5) is 17.4. The Balaban J connectivity index is 1.30. The Morgan fingerprint density at radius 3 is 2.38 bits per heavy atom. The molecule has 3 aromatic rings. The van der Waals surface area contributed by atoms with E-state index in [2.05, 4.69) is 41.7 Å². The molecule has 1 amide bonds. The van der Waals surface area contributed by atoms with Gasteiger partial charge in [0.1, 0.15) is 9.84 Å². The molecule has 0 spiro atoms. The predicted molar refractivity (Wildman–Crippen MR) is 140 cm³/mol. The normalized spacial score (nSPS) is 31.1. The molecule has 4 aliphatic carbocycles. The van der Waals surface area contributed by atoms with E-state index in [1.165, 1.54) is 55.9 Å². The van der Waals surface area contributed by atoms with Crippen molar-refractivity contribution in [2.75, 3.05) is 0 Å². The molecule has 1 aliphatic heterocycles. The molecule has 1 N–H and O–H groups in total. The SMILES string of the molecule is Cc1nc2cc(C34CC5CC(CC(C5)C3)C4)cc(-c3ccc(/C=C4\SC(=S)NC4=O)cc3)c2o1. The van der Waals surface area contributed by atoms with Crippen LogP contribution in [0.25, 0.3) is 28.3 Å². The van der Waals surface area contributed by atoms with Crippen molar-refractivity contribution in [1.29, 1.82) is 0 Å². The van der Waals surface area contributed by atoms with Crippen molar-refractivity contribution in [2.45, 2.75) is 50.9 Å². The maximum absolute atomic E-state index is 12.0. The number of benzene rings is 2. The van der Waals surface area contributed by atoms with Gasteiger partial charge in [-0.15, -0.1) is 0 Å². The van der Waals surface area contributed by atoms with Crippen LogP contribution in [-0.2, 0) is 10.2 Å². The molecule has 1 aromatic heterocycles. The van der Waals surface area contributed by atoms with Crippen LogP contribution in [0.1, 0.15) is 55.5 Å². The maximum Gasteiger partial charge on any atom is 0.263 e. The van der Waals surface area contributed by atoms with Crippen molar-refractivity contribution >= 4 is 51.4 Å². The Morgan fingerprint density at radius 1 is 1.09 bits per heavy atom. The second-order valence-electron chi connectivity index (χ2n) is 10.8. The predicted octanol–water partition coefficient (Wildman–Crippen LogP) is 6.76. The number of nitrogens with zero attached hydrogens (tertiary/aromatic N) is 1. The van der Waals surface area contributed by atoms with E-state index in [0.29, 0.717) is 20.5 Å². The van der Waals surface area contributed by atoms with E-state index in [9.17, 15) is 4.79 Å². The molecule has 5 aliphatic rings. The van der Waals surface area contributed by atoms with E-state index in [0.717, 1.165) is 45.5 Å². The lowest BCUT2D eigenvalue weighted by atomic mass is 9.48. The van der Waals surface area contributed by atoms with Gasteiger partial charge in [-0.1, -0.05) is 48.2 Å². The highest BCUT2D eigenvalue weighted by atomic mass is 32.2. The molecule has 172 valence electrons. The number of carbonyl (C=O) groups is 1. The summed E-state index contributed by atoms with van der Waals surface area (Å²) in [6.07, 6.45) is 10.2. The van der Waals surface area contributed by atoms with Gasteiger partial charge in [0.05, 0.1) is 4.91 Å². The number of aromatic nitrogens is 1. The largest absolute Gasteiger partial charge is 0.440 e. The van der Waals surface area contributed by atoms with Gasteiger partial charge in [-0.05, 0) is 96.6 Å². The molecule has 8 rings (SSSR count). The molecule has 5 fully saturated rings. The van der Waals surface area contributed by atoms with E-state index in [1.54, 1.807) is 0 Å². The van der Waals surface area contributed by atoms with Gasteiger partial charge in [0.25, 0.3) is 5.91 Å². The lowest BCUT2D eigenvalue weighted by Crippen LogP contribution is -2.48. The number of amides is 1. The van der Waals surface area contributed by atoms with Gasteiger partial charge in [-0.2, -0.15) is 0 Å². The van der Waals surface area contributed by atoms with Crippen molar-refractivity contribution in [2.24, 2.45) is 17.8 Å². The number of hydrogen-bond acceptors (Lipinski definition) is 5. The van der Waals surface area contributed by atoms with Crippen LogP contribution in [-0.4, -0.2) is 15.2 Å². The van der Waals surface area contributed by atoms with E-state index in [-0.39, 0.29) is 5.91 Å². The summed E-state index contributed by atoms with van der Waals surface area (Å²) in [5, 5.41) is 2.67. The Labute approximate surface area is 208 Å². The second-order valence-corrected chi connectivity index (χ2v) is 12.5. The van der Waals surface area contributed by atoms with Gasteiger partial charge >= 0.3 is 0 Å². The Hall–Kier alpha value is -2.44. The minimum absolute atomic E-state index is 0.124. The zero-order chi connectivity index (χ0) is 23.0. The summed E-state index contributed by atoms with van der Waals surface area (Å²) in [5.41, 5.74) is 6.83. The first-order valence-electron chi connectivity index (χ1n) is 12.2. The minimum Gasteiger partial charge on any atom is -0.440 e. The number of fused-ring (bicyclic) bond motifs is 1. The molecular formula is C28H26N2O2S2. The molecule has 4 nitrogen and oxygen atoms in total. The fourth-order valence-electron chi connectivity index (χ4n) is 7.46. The fourth-order valence-corrected chi connectivity index (χ4v) is 8.50. The molecule has 2 aromatic carbocycles. The number of thiocarbonyl (C=S) groups is 1. The van der Waals surface area contributed by atoms with Gasteiger partial charge in [0.15, 0.2) is 11.5 Å². The molecule has 4 saturated carbocycles. The van der Waals surface area contributed by atoms with Gasteiger partial charge in [-0.3, -0.25) is 4.79 Å². The Morgan fingerprint density at radius 2 is 1.76 bits per heavy atom. The average molecular weight is 487 g/mol. The third kappa shape index (κ3) is 3.37. The number of hydrogen-bond donors (Lipinski definition) is 1. The van der Waals surface area contributed by atoms with Gasteiger partial charge in [0.2, 0.25) is 0 Å². The van der Waals surface area contributed by atoms with Crippen molar-refractivity contribution in [1.82, 2.24) is 10.3 Å². The van der Waals surface area contributed by atoms with Crippen molar-refractivity contribution in [3.05, 3.63) is 58.3 Å². The molecule has 0 radical (unpaired) electrons. The molecule has 0 unspecified atom stereocenters. The summed E-state index contributed by atoms with van der Waals surface area (Å²) in [6.45, 7) is 1.93. The topological polar surface area (TPSA) is 55.1 Å². The lowest BCUT2D eigenvalue weighted by molar-refractivity contribution is -0.115. The summed E-state index contributed by atoms with van der Waals surface area (Å²) in [7, 11) is 0. The molecule has 6 heteroatoms. The maximum atomic E-state index is 12.0. The Kier molecular flexibility index (Phi) is 4.63. The van der Waals surface area contributed by atoms with Gasteiger partial charge in [0, 0.05) is 12.5 Å². The highest BCUT2D eigenvalue weighted by molar-refractivity contribution is 8.26. The van der Waals surface area contributed by atoms with E-state index >= 15 is 0 Å². The van der Waals surface area contributed by atoms with Crippen LogP contribution in [0.5, 0.6) is 0 Å². The van der Waals surface area contributed by atoms with Crippen LogP contribution >= 0.6 is 24.0 Å². The average Bonchev–Trinajstić information content (AvgIpc) is 3.32. The summed E-state index contributed by atoms with van der Waals surface area (Å²) in [5.74, 6) is 3.28.